The van der Waals surface area contributed by atoms with Crippen LogP contribution in [0.5, 0.6) is 0 Å². The Morgan fingerprint density at radius 1 is 1.32 bits per heavy atom. The molecule has 1 fully saturated rings. The highest BCUT2D eigenvalue weighted by Crippen LogP contribution is 2.30. The second-order valence-electron chi connectivity index (χ2n) is 9.18. The number of nitrogens with one attached hydrogen (secondary N) is 3. The van der Waals surface area contributed by atoms with Crippen LogP contribution in [0.25, 0.3) is 10.2 Å². The maximum absolute atomic E-state index is 14.3. The van der Waals surface area contributed by atoms with Gasteiger partial charge in [0.1, 0.15) is 18.2 Å². The number of hydrogen-bond acceptors (Lipinski definition) is 7. The SMILES string of the molecule is Cc1nc2ccc(Nc3cc(NC4CCCC4F)c(C(=O)NCC(F)C(C)(C)O)cn3)cc2s1. The van der Waals surface area contributed by atoms with E-state index in [0.717, 1.165) is 27.3 Å². The predicted octanol–water partition coefficient (Wildman–Crippen LogP) is 4.88. The number of thiazole rings is 1. The molecule has 0 spiro atoms. The summed E-state index contributed by atoms with van der Waals surface area (Å²) in [7, 11) is 0. The normalized spacial score (nSPS) is 19.2. The summed E-state index contributed by atoms with van der Waals surface area (Å²) < 4.78 is 29.5. The minimum atomic E-state index is -1.64. The second kappa shape index (κ2) is 9.79. The predicted molar refractivity (Wildman–Crippen MR) is 132 cm³/mol. The number of carbonyl (C=O) groups excluding carboxylic acids is 1. The molecule has 1 saturated carbocycles. The number of fused-ring (bicyclic) bond motifs is 1. The van der Waals surface area contributed by atoms with Gasteiger partial charge in [0.15, 0.2) is 0 Å². The highest BCUT2D eigenvalue weighted by molar-refractivity contribution is 7.18. The van der Waals surface area contributed by atoms with Crippen molar-refractivity contribution in [2.24, 2.45) is 0 Å². The number of aliphatic hydroxyl groups is 1. The van der Waals surface area contributed by atoms with E-state index >= 15 is 0 Å². The van der Waals surface area contributed by atoms with Crippen molar-refractivity contribution in [3.05, 3.63) is 41.0 Å². The molecule has 0 aliphatic heterocycles. The minimum absolute atomic E-state index is 0.182. The molecule has 3 unspecified atom stereocenters. The van der Waals surface area contributed by atoms with Gasteiger partial charge in [0, 0.05) is 18.0 Å². The molecule has 2 aromatic heterocycles. The lowest BCUT2D eigenvalue weighted by Gasteiger charge is -2.23. The monoisotopic (exact) mass is 489 g/mol. The molecule has 7 nitrogen and oxygen atoms in total. The van der Waals surface area contributed by atoms with Crippen LogP contribution in [0.15, 0.2) is 30.5 Å². The van der Waals surface area contributed by atoms with E-state index in [9.17, 15) is 18.7 Å². The Labute approximate surface area is 201 Å². The zero-order valence-corrected chi connectivity index (χ0v) is 20.2. The molecule has 182 valence electrons. The van der Waals surface area contributed by atoms with E-state index in [-0.39, 0.29) is 12.1 Å². The summed E-state index contributed by atoms with van der Waals surface area (Å²) in [5.41, 5.74) is 0.743. The molecule has 3 atom stereocenters. The number of aromatic nitrogens is 2. The van der Waals surface area contributed by atoms with Crippen LogP contribution < -0.4 is 16.0 Å². The molecular weight excluding hydrogens is 460 g/mol. The van der Waals surface area contributed by atoms with E-state index in [1.165, 1.54) is 20.0 Å². The summed E-state index contributed by atoms with van der Waals surface area (Å²) in [5, 5.41) is 19.6. The van der Waals surface area contributed by atoms with Crippen LogP contribution >= 0.6 is 11.3 Å². The van der Waals surface area contributed by atoms with Gasteiger partial charge in [0.25, 0.3) is 5.91 Å². The number of hydrogen-bond donors (Lipinski definition) is 4. The van der Waals surface area contributed by atoms with Crippen molar-refractivity contribution < 1.29 is 18.7 Å². The molecule has 1 aliphatic rings. The van der Waals surface area contributed by atoms with Gasteiger partial charge in [-0.3, -0.25) is 4.79 Å². The van der Waals surface area contributed by atoms with E-state index < -0.39 is 29.9 Å². The van der Waals surface area contributed by atoms with E-state index in [1.807, 2.05) is 25.1 Å². The van der Waals surface area contributed by atoms with Gasteiger partial charge in [-0.2, -0.15) is 0 Å². The van der Waals surface area contributed by atoms with Gasteiger partial charge in [-0.1, -0.05) is 0 Å². The maximum Gasteiger partial charge on any atom is 0.255 e. The van der Waals surface area contributed by atoms with Crippen LogP contribution in [0, 0.1) is 6.92 Å². The number of anilines is 3. The van der Waals surface area contributed by atoms with Gasteiger partial charge in [0.05, 0.1) is 44.7 Å². The molecule has 10 heteroatoms. The lowest BCUT2D eigenvalue weighted by atomic mass is 10.0. The van der Waals surface area contributed by atoms with Crippen LogP contribution in [-0.2, 0) is 0 Å². The fraction of sp³-hybridized carbons (Fsp3) is 0.458. The Morgan fingerprint density at radius 3 is 2.82 bits per heavy atom. The van der Waals surface area contributed by atoms with Crippen LogP contribution in [-0.4, -0.2) is 51.5 Å². The van der Waals surface area contributed by atoms with Gasteiger partial charge >= 0.3 is 0 Å². The number of alkyl halides is 2. The smallest absolute Gasteiger partial charge is 0.255 e. The molecule has 34 heavy (non-hydrogen) atoms. The molecule has 0 bridgehead atoms. The summed E-state index contributed by atoms with van der Waals surface area (Å²) in [6.07, 6.45) is 0.619. The van der Waals surface area contributed by atoms with Crippen molar-refractivity contribution in [1.29, 1.82) is 0 Å². The first-order valence-electron chi connectivity index (χ1n) is 11.3. The van der Waals surface area contributed by atoms with Crippen molar-refractivity contribution in [3.63, 3.8) is 0 Å². The zero-order chi connectivity index (χ0) is 24.5. The Balaban J connectivity index is 1.57. The van der Waals surface area contributed by atoms with Gasteiger partial charge in [-0.25, -0.2) is 18.7 Å². The largest absolute Gasteiger partial charge is 0.387 e. The third kappa shape index (κ3) is 5.61. The fourth-order valence-corrected chi connectivity index (χ4v) is 4.76. The Morgan fingerprint density at radius 2 is 2.12 bits per heavy atom. The third-order valence-corrected chi connectivity index (χ3v) is 6.83. The number of amides is 1. The van der Waals surface area contributed by atoms with Gasteiger partial charge in [-0.15, -0.1) is 11.3 Å². The maximum atomic E-state index is 14.3. The first-order chi connectivity index (χ1) is 16.1. The van der Waals surface area contributed by atoms with Crippen LogP contribution in [0.1, 0.15) is 48.5 Å². The van der Waals surface area contributed by atoms with E-state index in [4.69, 9.17) is 0 Å². The first kappa shape index (κ1) is 24.3. The minimum Gasteiger partial charge on any atom is -0.387 e. The highest BCUT2D eigenvalue weighted by atomic mass is 32.1. The number of benzene rings is 1. The molecule has 4 N–H and O–H groups in total. The van der Waals surface area contributed by atoms with Crippen LogP contribution in [0.2, 0.25) is 0 Å². The molecular formula is C24H29F2N5O2S. The van der Waals surface area contributed by atoms with Crippen molar-refractivity contribution >= 4 is 44.7 Å². The Kier molecular flexibility index (Phi) is 6.99. The van der Waals surface area contributed by atoms with Gasteiger partial charge < -0.3 is 21.1 Å². The van der Waals surface area contributed by atoms with Crippen molar-refractivity contribution in [2.75, 3.05) is 17.2 Å². The molecule has 0 saturated heterocycles. The summed E-state index contributed by atoms with van der Waals surface area (Å²) in [5.74, 6) is -0.0729. The standard InChI is InChI=1S/C24H29F2N5O2S/c1-13-29-18-8-7-14(9-20(18)34-13)30-22-10-19(31-17-6-4-5-16(17)25)15(11-27-22)23(32)28-12-21(26)24(2,3)33/h7-11,16-17,21,33H,4-6,12H2,1-3H3,(H,28,32)(H2,27,30,31). The van der Waals surface area contributed by atoms with Crippen molar-refractivity contribution in [1.82, 2.24) is 15.3 Å². The van der Waals surface area contributed by atoms with E-state index in [0.29, 0.717) is 24.3 Å². The number of aryl methyl sites for hydroxylation is 1. The fourth-order valence-electron chi connectivity index (χ4n) is 3.89. The molecule has 4 rings (SSSR count). The summed E-state index contributed by atoms with van der Waals surface area (Å²) in [6.45, 7) is 4.27. The quantitative estimate of drug-likeness (QED) is 0.360. The molecule has 1 aliphatic carbocycles. The lowest BCUT2D eigenvalue weighted by Crippen LogP contribution is -2.42. The number of carbonyl (C=O) groups is 1. The zero-order valence-electron chi connectivity index (χ0n) is 19.4. The van der Waals surface area contributed by atoms with E-state index in [2.05, 4.69) is 25.9 Å². The average Bonchev–Trinajstić information content (AvgIpc) is 3.35. The topological polar surface area (TPSA) is 99.2 Å². The number of nitrogens with zero attached hydrogens (tertiary/aromatic N) is 2. The lowest BCUT2D eigenvalue weighted by molar-refractivity contribution is -0.00177. The number of halogens is 2. The van der Waals surface area contributed by atoms with Crippen molar-refractivity contribution in [2.45, 2.75) is 64.0 Å². The third-order valence-electron chi connectivity index (χ3n) is 5.90. The average molecular weight is 490 g/mol. The summed E-state index contributed by atoms with van der Waals surface area (Å²) >= 11 is 1.59. The Hall–Kier alpha value is -2.85. The molecule has 0 radical (unpaired) electrons. The van der Waals surface area contributed by atoms with Crippen molar-refractivity contribution in [3.8, 4) is 0 Å². The molecule has 3 aromatic rings. The highest BCUT2D eigenvalue weighted by Gasteiger charge is 2.29. The molecule has 1 amide bonds. The molecule has 2 heterocycles. The second-order valence-corrected chi connectivity index (χ2v) is 10.4. The number of rotatable bonds is 8. The van der Waals surface area contributed by atoms with Crippen LogP contribution in [0.3, 0.4) is 0 Å². The van der Waals surface area contributed by atoms with Gasteiger partial charge in [0.2, 0.25) is 0 Å². The van der Waals surface area contributed by atoms with Crippen LogP contribution in [0.4, 0.5) is 26.0 Å². The molecule has 1 aromatic carbocycles. The summed E-state index contributed by atoms with van der Waals surface area (Å²) in [4.78, 5) is 21.6. The van der Waals surface area contributed by atoms with E-state index in [1.54, 1.807) is 17.4 Å². The summed E-state index contributed by atoms with van der Waals surface area (Å²) in [6, 6.07) is 7.03. The number of pyridine rings is 1. The first-order valence-corrected chi connectivity index (χ1v) is 12.1. The van der Waals surface area contributed by atoms with Gasteiger partial charge in [-0.05, 0) is 58.2 Å². The Bertz CT molecular complexity index is 1180.